The van der Waals surface area contributed by atoms with E-state index < -0.39 is 0 Å². The predicted molar refractivity (Wildman–Crippen MR) is 91.7 cm³/mol. The SMILES string of the molecule is Cc1ccc2cc(-c3ccc(C(C)(C)C)cc3)c(C=O)n2c1. The first-order valence-electron chi connectivity index (χ1n) is 7.58. The first kappa shape index (κ1) is 14.6. The van der Waals surface area contributed by atoms with Crippen molar-refractivity contribution in [1.82, 2.24) is 4.40 Å². The molecule has 0 bridgehead atoms. The van der Waals surface area contributed by atoms with Crippen molar-refractivity contribution in [1.29, 1.82) is 0 Å². The van der Waals surface area contributed by atoms with Gasteiger partial charge in [0.15, 0.2) is 6.29 Å². The van der Waals surface area contributed by atoms with Crippen LogP contribution in [0.4, 0.5) is 0 Å². The maximum atomic E-state index is 11.6. The van der Waals surface area contributed by atoms with E-state index in [2.05, 4.69) is 63.2 Å². The van der Waals surface area contributed by atoms with Crippen molar-refractivity contribution >= 4 is 11.8 Å². The van der Waals surface area contributed by atoms with Crippen LogP contribution in [0.15, 0.2) is 48.7 Å². The van der Waals surface area contributed by atoms with Gasteiger partial charge in [-0.05, 0) is 41.2 Å². The molecule has 22 heavy (non-hydrogen) atoms. The van der Waals surface area contributed by atoms with E-state index in [1.807, 2.05) is 17.5 Å². The maximum Gasteiger partial charge on any atom is 0.167 e. The Hall–Kier alpha value is -2.35. The molecule has 0 atom stereocenters. The molecule has 112 valence electrons. The number of rotatable bonds is 2. The molecule has 3 aromatic rings. The van der Waals surface area contributed by atoms with Gasteiger partial charge in [-0.25, -0.2) is 0 Å². The first-order valence-corrected chi connectivity index (χ1v) is 7.58. The summed E-state index contributed by atoms with van der Waals surface area (Å²) in [5.74, 6) is 0. The maximum absolute atomic E-state index is 11.6. The molecule has 2 heterocycles. The summed E-state index contributed by atoms with van der Waals surface area (Å²) in [5, 5.41) is 0. The van der Waals surface area contributed by atoms with E-state index >= 15 is 0 Å². The van der Waals surface area contributed by atoms with Gasteiger partial charge in [-0.3, -0.25) is 4.79 Å². The molecule has 0 saturated heterocycles. The Bertz CT molecular complexity index is 833. The van der Waals surface area contributed by atoms with Crippen LogP contribution in [0, 0.1) is 6.92 Å². The summed E-state index contributed by atoms with van der Waals surface area (Å²) in [6.07, 6.45) is 2.95. The van der Waals surface area contributed by atoms with Crippen molar-refractivity contribution in [2.24, 2.45) is 0 Å². The molecule has 0 aliphatic rings. The molecule has 0 aliphatic heterocycles. The molecule has 0 aliphatic carbocycles. The Morgan fingerprint density at radius 1 is 1.00 bits per heavy atom. The standard InChI is InChI=1S/C20H21NO/c1-14-5-10-17-11-18(19(13-22)21(17)12-14)15-6-8-16(9-7-15)20(2,3)4/h5-13H,1-4H3. The van der Waals surface area contributed by atoms with Gasteiger partial charge < -0.3 is 4.40 Å². The third-order valence-corrected chi connectivity index (χ3v) is 4.13. The second-order valence-electron chi connectivity index (χ2n) is 6.89. The van der Waals surface area contributed by atoms with Crippen LogP contribution in [0.5, 0.6) is 0 Å². The van der Waals surface area contributed by atoms with Gasteiger partial charge >= 0.3 is 0 Å². The van der Waals surface area contributed by atoms with Gasteiger partial charge in [0, 0.05) is 17.3 Å². The molecular weight excluding hydrogens is 270 g/mol. The highest BCUT2D eigenvalue weighted by Gasteiger charge is 2.15. The normalized spacial score (nSPS) is 11.8. The number of aldehydes is 1. The number of nitrogens with zero attached hydrogens (tertiary/aromatic N) is 1. The summed E-state index contributed by atoms with van der Waals surface area (Å²) in [6.45, 7) is 8.64. The van der Waals surface area contributed by atoms with E-state index in [0.29, 0.717) is 5.69 Å². The Morgan fingerprint density at radius 2 is 1.68 bits per heavy atom. The number of aryl methyl sites for hydroxylation is 1. The van der Waals surface area contributed by atoms with Gasteiger partial charge in [-0.2, -0.15) is 0 Å². The number of carbonyl (C=O) groups excluding carboxylic acids is 1. The summed E-state index contributed by atoms with van der Waals surface area (Å²) in [6, 6.07) is 14.7. The van der Waals surface area contributed by atoms with Gasteiger partial charge in [0.05, 0.1) is 5.69 Å². The average molecular weight is 291 g/mol. The van der Waals surface area contributed by atoms with Crippen molar-refractivity contribution < 1.29 is 4.79 Å². The van der Waals surface area contributed by atoms with Gasteiger partial charge in [-0.15, -0.1) is 0 Å². The Kier molecular flexibility index (Phi) is 3.40. The van der Waals surface area contributed by atoms with E-state index in [4.69, 9.17) is 0 Å². The minimum absolute atomic E-state index is 0.134. The van der Waals surface area contributed by atoms with Gasteiger partial charge in [0.25, 0.3) is 0 Å². The lowest BCUT2D eigenvalue weighted by Crippen LogP contribution is -2.10. The molecule has 0 fully saturated rings. The fourth-order valence-electron chi connectivity index (χ4n) is 2.80. The zero-order chi connectivity index (χ0) is 15.9. The van der Waals surface area contributed by atoms with E-state index in [1.165, 1.54) is 5.56 Å². The molecule has 3 rings (SSSR count). The minimum atomic E-state index is 0.134. The summed E-state index contributed by atoms with van der Waals surface area (Å²) in [5.41, 5.74) is 6.39. The summed E-state index contributed by atoms with van der Waals surface area (Å²) >= 11 is 0. The van der Waals surface area contributed by atoms with E-state index in [9.17, 15) is 4.79 Å². The summed E-state index contributed by atoms with van der Waals surface area (Å²) in [7, 11) is 0. The number of fused-ring (bicyclic) bond motifs is 1. The number of carbonyl (C=O) groups is 1. The quantitative estimate of drug-likeness (QED) is 0.607. The average Bonchev–Trinajstić information content (AvgIpc) is 2.84. The van der Waals surface area contributed by atoms with Crippen LogP contribution in [0.1, 0.15) is 42.4 Å². The van der Waals surface area contributed by atoms with Gasteiger partial charge in [0.1, 0.15) is 0 Å². The molecule has 2 nitrogen and oxygen atoms in total. The number of hydrogen-bond acceptors (Lipinski definition) is 1. The molecule has 2 heteroatoms. The molecule has 0 amide bonds. The third-order valence-electron chi connectivity index (χ3n) is 4.13. The van der Waals surface area contributed by atoms with E-state index in [1.54, 1.807) is 0 Å². The molecule has 2 aromatic heterocycles. The highest BCUT2D eigenvalue weighted by atomic mass is 16.1. The van der Waals surface area contributed by atoms with Crippen molar-refractivity contribution in [2.45, 2.75) is 33.1 Å². The van der Waals surface area contributed by atoms with Gasteiger partial charge in [-0.1, -0.05) is 51.1 Å². The predicted octanol–water partition coefficient (Wildman–Crippen LogP) is 5.02. The fraction of sp³-hybridized carbons (Fsp3) is 0.250. The second-order valence-corrected chi connectivity index (χ2v) is 6.89. The smallest absolute Gasteiger partial charge is 0.167 e. The molecule has 0 saturated carbocycles. The zero-order valence-corrected chi connectivity index (χ0v) is 13.6. The molecule has 0 radical (unpaired) electrons. The Morgan fingerprint density at radius 3 is 2.27 bits per heavy atom. The van der Waals surface area contributed by atoms with Crippen LogP contribution in [0.25, 0.3) is 16.6 Å². The van der Waals surface area contributed by atoms with Crippen LogP contribution in [-0.2, 0) is 5.41 Å². The van der Waals surface area contributed by atoms with Crippen molar-refractivity contribution in [3.8, 4) is 11.1 Å². The highest BCUT2D eigenvalue weighted by molar-refractivity contribution is 5.89. The van der Waals surface area contributed by atoms with Crippen LogP contribution in [-0.4, -0.2) is 10.7 Å². The Balaban J connectivity index is 2.15. The molecule has 0 N–H and O–H groups in total. The second kappa shape index (κ2) is 5.13. The molecular formula is C20H21NO. The number of benzene rings is 1. The van der Waals surface area contributed by atoms with Gasteiger partial charge in [0.2, 0.25) is 0 Å². The van der Waals surface area contributed by atoms with Crippen LogP contribution in [0.2, 0.25) is 0 Å². The van der Waals surface area contributed by atoms with Crippen molar-refractivity contribution in [3.63, 3.8) is 0 Å². The van der Waals surface area contributed by atoms with Crippen molar-refractivity contribution in [2.75, 3.05) is 0 Å². The summed E-state index contributed by atoms with van der Waals surface area (Å²) < 4.78 is 1.97. The molecule has 0 spiro atoms. The topological polar surface area (TPSA) is 21.5 Å². The van der Waals surface area contributed by atoms with Crippen molar-refractivity contribution in [3.05, 3.63) is 65.5 Å². The Labute approximate surface area is 131 Å². The first-order chi connectivity index (χ1) is 10.4. The number of aromatic nitrogens is 1. The minimum Gasteiger partial charge on any atom is -0.313 e. The fourth-order valence-corrected chi connectivity index (χ4v) is 2.80. The van der Waals surface area contributed by atoms with E-state index in [-0.39, 0.29) is 5.41 Å². The molecule has 0 unspecified atom stereocenters. The lowest BCUT2D eigenvalue weighted by molar-refractivity contribution is 0.111. The highest BCUT2D eigenvalue weighted by Crippen LogP contribution is 2.30. The lowest BCUT2D eigenvalue weighted by Gasteiger charge is -2.19. The van der Waals surface area contributed by atoms with Crippen LogP contribution in [0.3, 0.4) is 0 Å². The number of hydrogen-bond donors (Lipinski definition) is 0. The monoisotopic (exact) mass is 291 g/mol. The largest absolute Gasteiger partial charge is 0.313 e. The zero-order valence-electron chi connectivity index (χ0n) is 13.6. The lowest BCUT2D eigenvalue weighted by atomic mass is 9.86. The summed E-state index contributed by atoms with van der Waals surface area (Å²) in [4.78, 5) is 11.6. The third kappa shape index (κ3) is 2.45. The van der Waals surface area contributed by atoms with E-state index in [0.717, 1.165) is 28.5 Å². The number of pyridine rings is 1. The van der Waals surface area contributed by atoms with Crippen LogP contribution < -0.4 is 0 Å². The van der Waals surface area contributed by atoms with Crippen LogP contribution >= 0.6 is 0 Å². The molecule has 1 aromatic carbocycles.